The maximum atomic E-state index is 13.3. The van der Waals surface area contributed by atoms with Gasteiger partial charge in [0.2, 0.25) is 0 Å². The summed E-state index contributed by atoms with van der Waals surface area (Å²) in [6, 6.07) is 22.9. The molecule has 0 aromatic heterocycles. The van der Waals surface area contributed by atoms with Crippen LogP contribution in [0, 0.1) is 0 Å². The number of hydrogen-bond donors (Lipinski definition) is 0. The van der Waals surface area contributed by atoms with Crippen molar-refractivity contribution >= 4 is 51.7 Å². The fraction of sp³-hybridized carbons (Fsp3) is 0.182. The van der Waals surface area contributed by atoms with Gasteiger partial charge in [-0.1, -0.05) is 0 Å². The Labute approximate surface area is 180 Å². The first-order chi connectivity index (χ1) is 14.3. The second-order valence-corrected chi connectivity index (χ2v) is 7.98. The Balaban J connectivity index is 1.73. The fourth-order valence-electron chi connectivity index (χ4n) is 3.07. The van der Waals surface area contributed by atoms with Crippen LogP contribution in [0.3, 0.4) is 0 Å². The zero-order chi connectivity index (χ0) is 21.8. The minimum atomic E-state index is -1.80. The van der Waals surface area contributed by atoms with E-state index < -0.39 is 10.9 Å². The van der Waals surface area contributed by atoms with Crippen LogP contribution in [-0.4, -0.2) is 34.9 Å². The molecule has 0 spiro atoms. The summed E-state index contributed by atoms with van der Waals surface area (Å²) in [7, 11) is 5.15. The van der Waals surface area contributed by atoms with Crippen molar-refractivity contribution in [2.75, 3.05) is 47.4 Å². The molecule has 0 aliphatic carbocycles. The second kappa shape index (κ2) is 9.30. The summed E-state index contributed by atoms with van der Waals surface area (Å²) < 4.78 is 27.9. The van der Waals surface area contributed by atoms with Crippen molar-refractivity contribution < 1.29 is 8.37 Å². The Kier molecular flexibility index (Phi) is 6.77. The molecule has 1 atom stereocenters. The van der Waals surface area contributed by atoms with Gasteiger partial charge >= 0.3 is 121 Å². The van der Waals surface area contributed by atoms with Gasteiger partial charge < -0.3 is 0 Å². The molecule has 155 valence electrons. The molecule has 0 N–H and O–H groups in total. The molecule has 1 unspecified atom stereocenters. The monoisotopic (exact) mass is 425 g/mol. The SMILES string of the molecule is [B]=S(F)N(C)c1ccc(N(C)c2ccc(N(C)c3ccc(N(C)F)cc3)cc2)cc1. The molecule has 1 radical (unpaired) electrons. The van der Waals surface area contributed by atoms with Crippen molar-refractivity contribution in [1.82, 2.24) is 0 Å². The van der Waals surface area contributed by atoms with Gasteiger partial charge in [-0.25, -0.2) is 5.12 Å². The van der Waals surface area contributed by atoms with Crippen LogP contribution in [-0.2, 0) is 0 Å². The predicted octanol–water partition coefficient (Wildman–Crippen LogP) is 6.13. The normalized spacial score (nSPS) is 11.6. The van der Waals surface area contributed by atoms with E-state index in [4.69, 9.17) is 6.72 Å². The van der Waals surface area contributed by atoms with Gasteiger partial charge in [0.25, 0.3) is 0 Å². The predicted molar refractivity (Wildman–Crippen MR) is 128 cm³/mol. The summed E-state index contributed by atoms with van der Waals surface area (Å²) in [5.41, 5.74) is 5.22. The van der Waals surface area contributed by atoms with Gasteiger partial charge in [0, 0.05) is 19.8 Å². The molecule has 0 saturated carbocycles. The molecule has 3 rings (SSSR count). The van der Waals surface area contributed by atoms with Crippen LogP contribution < -0.4 is 19.2 Å². The van der Waals surface area contributed by atoms with Gasteiger partial charge in [0.15, 0.2) is 0 Å². The Morgan fingerprint density at radius 3 is 1.10 bits per heavy atom. The topological polar surface area (TPSA) is 13.0 Å². The van der Waals surface area contributed by atoms with E-state index in [0.29, 0.717) is 10.8 Å². The number of nitrogens with zero attached hydrogens (tertiary/aromatic N) is 4. The van der Waals surface area contributed by atoms with Crippen molar-refractivity contribution in [1.29, 1.82) is 0 Å². The molecule has 0 saturated heterocycles. The summed E-state index contributed by atoms with van der Waals surface area (Å²) in [6.45, 7) is 5.31. The third-order valence-corrected chi connectivity index (χ3v) is 5.81. The first-order valence-electron chi connectivity index (χ1n) is 9.34. The van der Waals surface area contributed by atoms with Crippen LogP contribution >= 0.6 is 10.9 Å². The number of anilines is 6. The first kappa shape index (κ1) is 21.8. The summed E-state index contributed by atoms with van der Waals surface area (Å²) >= 11 is 0. The van der Waals surface area contributed by atoms with Crippen molar-refractivity contribution in [3.8, 4) is 0 Å². The Morgan fingerprint density at radius 2 is 0.833 bits per heavy atom. The molecule has 4 nitrogen and oxygen atoms in total. The minimum absolute atomic E-state index is 0.510. The van der Waals surface area contributed by atoms with E-state index in [1.54, 1.807) is 19.2 Å². The van der Waals surface area contributed by atoms with Gasteiger partial charge in [0.05, 0.1) is 5.69 Å². The molecular weight excluding hydrogens is 401 g/mol. The van der Waals surface area contributed by atoms with Crippen LogP contribution in [0.15, 0.2) is 72.8 Å². The average molecular weight is 425 g/mol. The van der Waals surface area contributed by atoms with Gasteiger partial charge in [0.1, 0.15) is 0 Å². The van der Waals surface area contributed by atoms with Crippen molar-refractivity contribution in [3.05, 3.63) is 72.8 Å². The molecule has 0 amide bonds. The summed E-state index contributed by atoms with van der Waals surface area (Å²) in [5.74, 6) is 0. The van der Waals surface area contributed by atoms with E-state index >= 15 is 0 Å². The Bertz CT molecular complexity index is 995. The van der Waals surface area contributed by atoms with Crippen molar-refractivity contribution in [2.24, 2.45) is 0 Å². The Morgan fingerprint density at radius 1 is 0.567 bits per heavy atom. The Hall–Kier alpha value is -2.87. The molecule has 0 heterocycles. The number of rotatable bonds is 7. The van der Waals surface area contributed by atoms with Crippen LogP contribution in [0.25, 0.3) is 0 Å². The molecule has 0 fully saturated rings. The van der Waals surface area contributed by atoms with Crippen LogP contribution in [0.1, 0.15) is 0 Å². The maximum absolute atomic E-state index is 13.3. The number of hydrogen-bond acceptors (Lipinski definition) is 4. The van der Waals surface area contributed by atoms with E-state index in [1.807, 2.05) is 79.7 Å². The number of benzene rings is 3. The molecule has 3 aromatic rings. The van der Waals surface area contributed by atoms with E-state index in [9.17, 15) is 8.37 Å². The molecule has 3 aromatic carbocycles. The van der Waals surface area contributed by atoms with Gasteiger partial charge in [-0.2, -0.15) is 0 Å². The summed E-state index contributed by atoms with van der Waals surface area (Å²) in [4.78, 5) is 4.09. The van der Waals surface area contributed by atoms with Gasteiger partial charge in [-0.15, -0.1) is 4.48 Å². The average Bonchev–Trinajstić information content (AvgIpc) is 2.77. The quantitative estimate of drug-likeness (QED) is 0.333. The van der Waals surface area contributed by atoms with Crippen molar-refractivity contribution in [2.45, 2.75) is 0 Å². The molecular formula is C22H24BF2N4S. The van der Waals surface area contributed by atoms with Crippen molar-refractivity contribution in [3.63, 3.8) is 0 Å². The summed E-state index contributed by atoms with van der Waals surface area (Å²) in [6.07, 6.45) is 0. The number of halogens is 2. The van der Waals surface area contributed by atoms with Gasteiger partial charge in [-0.3, -0.25) is 0 Å². The molecule has 0 bridgehead atoms. The fourth-order valence-corrected chi connectivity index (χ4v) is 3.39. The summed E-state index contributed by atoms with van der Waals surface area (Å²) in [5, 5.41) is 0.589. The standard InChI is InChI=1S/C22H24BF2N4S/c1-26(19-9-13-21(14-10-19)28(3)24)17-5-7-18(8-6-17)27(2)20-11-15-22(16-12-20)29(4)30(23)25/h5-16H,1-4H3. The van der Waals surface area contributed by atoms with E-state index in [-0.39, 0.29) is 0 Å². The van der Waals surface area contributed by atoms with Crippen LogP contribution in [0.2, 0.25) is 0 Å². The first-order valence-corrected chi connectivity index (χ1v) is 10.5. The third kappa shape index (κ3) is 4.82. The second-order valence-electron chi connectivity index (χ2n) is 6.91. The van der Waals surface area contributed by atoms with E-state index in [0.717, 1.165) is 28.4 Å². The van der Waals surface area contributed by atoms with Gasteiger partial charge in [-0.05, 0) is 24.3 Å². The van der Waals surface area contributed by atoms with Crippen LogP contribution in [0.4, 0.5) is 42.5 Å². The molecule has 0 aliphatic heterocycles. The zero-order valence-corrected chi connectivity index (χ0v) is 18.3. The molecule has 0 aliphatic rings. The zero-order valence-electron chi connectivity index (χ0n) is 17.5. The molecule has 8 heteroatoms. The van der Waals surface area contributed by atoms with E-state index in [2.05, 4.69) is 4.90 Å². The molecule has 30 heavy (non-hydrogen) atoms. The van der Waals surface area contributed by atoms with Crippen LogP contribution in [0.5, 0.6) is 0 Å². The third-order valence-electron chi connectivity index (χ3n) is 5.08. The van der Waals surface area contributed by atoms with E-state index in [1.165, 1.54) is 11.4 Å².